The molecule has 0 spiro atoms. The van der Waals surface area contributed by atoms with Crippen molar-refractivity contribution in [3.8, 4) is 0 Å². The number of carbonyl (C=O) groups excluding carboxylic acids is 2. The molecule has 0 atom stereocenters. The summed E-state index contributed by atoms with van der Waals surface area (Å²) in [6, 6.07) is 7.06. The first kappa shape index (κ1) is 17.2. The minimum absolute atomic E-state index is 0.0137. The zero-order chi connectivity index (χ0) is 15.7. The van der Waals surface area contributed by atoms with Crippen molar-refractivity contribution in [2.45, 2.75) is 27.2 Å². The van der Waals surface area contributed by atoms with Gasteiger partial charge < -0.3 is 15.5 Å². The van der Waals surface area contributed by atoms with E-state index in [1.54, 1.807) is 29.2 Å². The van der Waals surface area contributed by atoms with Crippen LogP contribution >= 0.6 is 0 Å². The molecule has 5 nitrogen and oxygen atoms in total. The summed E-state index contributed by atoms with van der Waals surface area (Å²) in [7, 11) is 0. The number of benzene rings is 1. The lowest BCUT2D eigenvalue weighted by Gasteiger charge is -2.19. The van der Waals surface area contributed by atoms with Crippen LogP contribution in [0.2, 0.25) is 0 Å². The summed E-state index contributed by atoms with van der Waals surface area (Å²) in [5, 5.41) is 5.84. The Labute approximate surface area is 126 Å². The predicted octanol–water partition coefficient (Wildman–Crippen LogP) is 2.11. The maximum Gasteiger partial charge on any atom is 0.253 e. The van der Waals surface area contributed by atoms with E-state index >= 15 is 0 Å². The standard InChI is InChI=1S/C16H25N3O2/c1-4-10-17-12-15(20)18-14-9-7-8-13(11-14)16(21)19(5-2)6-3/h7-9,11,17H,4-6,10,12H2,1-3H3,(H,18,20). The van der Waals surface area contributed by atoms with Gasteiger partial charge in [-0.25, -0.2) is 0 Å². The second-order valence-corrected chi connectivity index (χ2v) is 4.78. The van der Waals surface area contributed by atoms with Gasteiger partial charge >= 0.3 is 0 Å². The van der Waals surface area contributed by atoms with Crippen molar-refractivity contribution in [1.29, 1.82) is 0 Å². The van der Waals surface area contributed by atoms with Crippen molar-refractivity contribution in [1.82, 2.24) is 10.2 Å². The lowest BCUT2D eigenvalue weighted by atomic mass is 10.1. The van der Waals surface area contributed by atoms with Crippen LogP contribution in [0.15, 0.2) is 24.3 Å². The number of nitrogens with one attached hydrogen (secondary N) is 2. The van der Waals surface area contributed by atoms with Crippen LogP contribution in [0.5, 0.6) is 0 Å². The fraction of sp³-hybridized carbons (Fsp3) is 0.500. The van der Waals surface area contributed by atoms with Gasteiger partial charge in [-0.3, -0.25) is 9.59 Å². The topological polar surface area (TPSA) is 61.4 Å². The van der Waals surface area contributed by atoms with Crippen molar-refractivity contribution >= 4 is 17.5 Å². The van der Waals surface area contributed by atoms with Crippen LogP contribution in [0, 0.1) is 0 Å². The largest absolute Gasteiger partial charge is 0.339 e. The van der Waals surface area contributed by atoms with Crippen LogP contribution < -0.4 is 10.6 Å². The van der Waals surface area contributed by atoms with Gasteiger partial charge in [0.05, 0.1) is 6.54 Å². The van der Waals surface area contributed by atoms with Crippen molar-refractivity contribution in [3.63, 3.8) is 0 Å². The zero-order valence-electron chi connectivity index (χ0n) is 13.1. The number of nitrogens with zero attached hydrogens (tertiary/aromatic N) is 1. The maximum atomic E-state index is 12.3. The molecule has 2 amide bonds. The van der Waals surface area contributed by atoms with Crippen molar-refractivity contribution in [3.05, 3.63) is 29.8 Å². The van der Waals surface area contributed by atoms with Gasteiger partial charge in [0.1, 0.15) is 0 Å². The van der Waals surface area contributed by atoms with Gasteiger partial charge in [0.15, 0.2) is 0 Å². The molecule has 0 fully saturated rings. The highest BCUT2D eigenvalue weighted by molar-refractivity contribution is 5.97. The highest BCUT2D eigenvalue weighted by atomic mass is 16.2. The van der Waals surface area contributed by atoms with E-state index in [0.717, 1.165) is 13.0 Å². The number of anilines is 1. The molecular formula is C16H25N3O2. The van der Waals surface area contributed by atoms with E-state index in [0.29, 0.717) is 24.3 Å². The van der Waals surface area contributed by atoms with Gasteiger partial charge in [0.25, 0.3) is 5.91 Å². The minimum Gasteiger partial charge on any atom is -0.339 e. The molecule has 0 saturated carbocycles. The highest BCUT2D eigenvalue weighted by Gasteiger charge is 2.13. The average molecular weight is 291 g/mol. The van der Waals surface area contributed by atoms with E-state index in [1.807, 2.05) is 20.8 Å². The van der Waals surface area contributed by atoms with Crippen molar-refractivity contribution < 1.29 is 9.59 Å². The molecule has 0 saturated heterocycles. The fourth-order valence-electron chi connectivity index (χ4n) is 2.01. The average Bonchev–Trinajstić information content (AvgIpc) is 2.49. The molecule has 0 radical (unpaired) electrons. The van der Waals surface area contributed by atoms with Crippen LogP contribution in [0.4, 0.5) is 5.69 Å². The highest BCUT2D eigenvalue weighted by Crippen LogP contribution is 2.12. The van der Waals surface area contributed by atoms with Gasteiger partial charge in [-0.1, -0.05) is 13.0 Å². The molecular weight excluding hydrogens is 266 g/mol. The van der Waals surface area contributed by atoms with E-state index < -0.39 is 0 Å². The Morgan fingerprint density at radius 2 is 1.86 bits per heavy atom. The summed E-state index contributed by atoms with van der Waals surface area (Å²) >= 11 is 0. The molecule has 1 aromatic rings. The van der Waals surface area contributed by atoms with E-state index in [-0.39, 0.29) is 18.4 Å². The Morgan fingerprint density at radius 1 is 1.14 bits per heavy atom. The molecule has 2 N–H and O–H groups in total. The third-order valence-corrected chi connectivity index (χ3v) is 3.16. The molecule has 0 heterocycles. The lowest BCUT2D eigenvalue weighted by molar-refractivity contribution is -0.115. The van der Waals surface area contributed by atoms with Gasteiger partial charge in [-0.15, -0.1) is 0 Å². The number of hydrogen-bond donors (Lipinski definition) is 2. The van der Waals surface area contributed by atoms with Crippen LogP contribution in [-0.2, 0) is 4.79 Å². The van der Waals surface area contributed by atoms with Crippen LogP contribution in [-0.4, -0.2) is 42.9 Å². The lowest BCUT2D eigenvalue weighted by Crippen LogP contribution is -2.31. The Kier molecular flexibility index (Phi) is 7.46. The van der Waals surface area contributed by atoms with Gasteiger partial charge in [-0.05, 0) is 45.0 Å². The molecule has 21 heavy (non-hydrogen) atoms. The number of amides is 2. The smallest absolute Gasteiger partial charge is 0.253 e. The quantitative estimate of drug-likeness (QED) is 0.721. The van der Waals surface area contributed by atoms with Crippen LogP contribution in [0.25, 0.3) is 0 Å². The first-order chi connectivity index (χ1) is 10.1. The van der Waals surface area contributed by atoms with Gasteiger partial charge in [0, 0.05) is 24.3 Å². The fourth-order valence-corrected chi connectivity index (χ4v) is 2.01. The Morgan fingerprint density at radius 3 is 2.48 bits per heavy atom. The number of hydrogen-bond acceptors (Lipinski definition) is 3. The summed E-state index contributed by atoms with van der Waals surface area (Å²) < 4.78 is 0. The van der Waals surface area contributed by atoms with E-state index in [2.05, 4.69) is 10.6 Å². The predicted molar refractivity (Wildman–Crippen MR) is 85.5 cm³/mol. The number of rotatable bonds is 8. The molecule has 1 aromatic carbocycles. The molecule has 116 valence electrons. The SMILES string of the molecule is CCCNCC(=O)Nc1cccc(C(=O)N(CC)CC)c1. The summed E-state index contributed by atoms with van der Waals surface area (Å²) in [4.78, 5) is 25.8. The van der Waals surface area contributed by atoms with E-state index in [9.17, 15) is 9.59 Å². The molecule has 0 aliphatic heterocycles. The first-order valence-electron chi connectivity index (χ1n) is 7.52. The van der Waals surface area contributed by atoms with Crippen molar-refractivity contribution in [2.24, 2.45) is 0 Å². The summed E-state index contributed by atoms with van der Waals surface area (Å²) in [6.45, 7) is 8.39. The molecule has 5 heteroatoms. The van der Waals surface area contributed by atoms with Gasteiger partial charge in [0.2, 0.25) is 5.91 Å². The molecule has 0 unspecified atom stereocenters. The Bertz CT molecular complexity index is 470. The molecule has 0 bridgehead atoms. The van der Waals surface area contributed by atoms with Crippen LogP contribution in [0.1, 0.15) is 37.6 Å². The summed E-state index contributed by atoms with van der Waals surface area (Å²) in [5.41, 5.74) is 1.24. The summed E-state index contributed by atoms with van der Waals surface area (Å²) in [6.07, 6.45) is 0.987. The normalized spacial score (nSPS) is 10.2. The van der Waals surface area contributed by atoms with E-state index in [4.69, 9.17) is 0 Å². The zero-order valence-corrected chi connectivity index (χ0v) is 13.1. The second-order valence-electron chi connectivity index (χ2n) is 4.78. The Balaban J connectivity index is 2.68. The summed E-state index contributed by atoms with van der Waals surface area (Å²) in [5.74, 6) is -0.115. The number of carbonyl (C=O) groups is 2. The second kappa shape index (κ2) is 9.13. The molecule has 0 aliphatic rings. The first-order valence-corrected chi connectivity index (χ1v) is 7.52. The third kappa shape index (κ3) is 5.55. The van der Waals surface area contributed by atoms with Crippen molar-refractivity contribution in [2.75, 3.05) is 31.5 Å². The molecule has 0 aliphatic carbocycles. The molecule has 1 rings (SSSR count). The minimum atomic E-state index is -0.101. The third-order valence-electron chi connectivity index (χ3n) is 3.16. The van der Waals surface area contributed by atoms with E-state index in [1.165, 1.54) is 0 Å². The van der Waals surface area contributed by atoms with Gasteiger partial charge in [-0.2, -0.15) is 0 Å². The van der Waals surface area contributed by atoms with Crippen LogP contribution in [0.3, 0.4) is 0 Å². The maximum absolute atomic E-state index is 12.3. The molecule has 0 aromatic heterocycles. The Hall–Kier alpha value is -1.88. The monoisotopic (exact) mass is 291 g/mol.